The van der Waals surface area contributed by atoms with Crippen molar-refractivity contribution in [3.05, 3.63) is 11.9 Å². The van der Waals surface area contributed by atoms with Crippen LogP contribution in [0.25, 0.3) is 0 Å². The third-order valence-electron chi connectivity index (χ3n) is 2.59. The highest BCUT2D eigenvalue weighted by Gasteiger charge is 2.10. The molecule has 1 rings (SSSR count). The lowest BCUT2D eigenvalue weighted by atomic mass is 10.3. The molecule has 0 aromatic carbocycles. The molecule has 0 amide bonds. The fraction of sp³-hybridized carbons (Fsp3) is 0.667. The average Bonchev–Trinajstić information content (AvgIpc) is 2.34. The quantitative estimate of drug-likeness (QED) is 0.809. The monoisotopic (exact) mass is 254 g/mol. The maximum Gasteiger partial charge on any atom is 0.136 e. The molecule has 1 aromatic rings. The second-order valence-electron chi connectivity index (χ2n) is 4.01. The Morgan fingerprint density at radius 2 is 2.18 bits per heavy atom. The number of rotatable bonds is 7. The minimum Gasteiger partial charge on any atom is -0.370 e. The van der Waals surface area contributed by atoms with Crippen LogP contribution < -0.4 is 10.2 Å². The van der Waals surface area contributed by atoms with Crippen LogP contribution >= 0.6 is 11.8 Å². The van der Waals surface area contributed by atoms with Crippen molar-refractivity contribution in [3.8, 4) is 0 Å². The maximum absolute atomic E-state index is 4.37. The van der Waals surface area contributed by atoms with Crippen molar-refractivity contribution in [2.24, 2.45) is 0 Å². The van der Waals surface area contributed by atoms with Crippen LogP contribution in [-0.4, -0.2) is 42.1 Å². The van der Waals surface area contributed by atoms with E-state index in [2.05, 4.69) is 47.3 Å². The lowest BCUT2D eigenvalue weighted by Gasteiger charge is -2.20. The van der Waals surface area contributed by atoms with Gasteiger partial charge in [-0.15, -0.1) is 0 Å². The smallest absolute Gasteiger partial charge is 0.136 e. The van der Waals surface area contributed by atoms with Gasteiger partial charge in [0.25, 0.3) is 0 Å². The third kappa shape index (κ3) is 4.07. The first-order chi connectivity index (χ1) is 8.20. The Morgan fingerprint density at radius 3 is 2.82 bits per heavy atom. The minimum absolute atomic E-state index is 0.950. The van der Waals surface area contributed by atoms with Crippen molar-refractivity contribution < 1.29 is 0 Å². The zero-order chi connectivity index (χ0) is 12.7. The number of aromatic nitrogens is 2. The van der Waals surface area contributed by atoms with E-state index >= 15 is 0 Å². The molecule has 5 heteroatoms. The molecule has 1 aromatic heterocycles. The van der Waals surface area contributed by atoms with Crippen molar-refractivity contribution in [1.29, 1.82) is 0 Å². The number of thioether (sulfide) groups is 1. The molecule has 4 nitrogen and oxygen atoms in total. The van der Waals surface area contributed by atoms with Gasteiger partial charge in [0.15, 0.2) is 0 Å². The van der Waals surface area contributed by atoms with E-state index in [9.17, 15) is 0 Å². The molecule has 17 heavy (non-hydrogen) atoms. The van der Waals surface area contributed by atoms with Gasteiger partial charge >= 0.3 is 0 Å². The summed E-state index contributed by atoms with van der Waals surface area (Å²) in [6.45, 7) is 6.18. The molecule has 1 heterocycles. The lowest BCUT2D eigenvalue weighted by Crippen LogP contribution is -2.23. The van der Waals surface area contributed by atoms with Gasteiger partial charge in [0.05, 0.1) is 0 Å². The van der Waals surface area contributed by atoms with Crippen LogP contribution in [0.15, 0.2) is 6.33 Å². The van der Waals surface area contributed by atoms with Gasteiger partial charge in [-0.2, -0.15) is 11.8 Å². The van der Waals surface area contributed by atoms with E-state index in [1.54, 1.807) is 6.33 Å². The highest BCUT2D eigenvalue weighted by molar-refractivity contribution is 7.98. The van der Waals surface area contributed by atoms with Crippen LogP contribution in [0.3, 0.4) is 0 Å². The minimum atomic E-state index is 0.950. The zero-order valence-corrected chi connectivity index (χ0v) is 12.0. The lowest BCUT2D eigenvalue weighted by molar-refractivity contribution is 0.914. The Bertz CT molecular complexity index is 343. The fourth-order valence-corrected chi connectivity index (χ4v) is 2.04. The molecule has 0 saturated carbocycles. The molecule has 0 fully saturated rings. The summed E-state index contributed by atoms with van der Waals surface area (Å²) in [4.78, 5) is 10.8. The summed E-state index contributed by atoms with van der Waals surface area (Å²) in [7, 11) is 2.08. The number of hydrogen-bond donors (Lipinski definition) is 1. The fourth-order valence-electron chi connectivity index (χ4n) is 1.58. The Morgan fingerprint density at radius 1 is 1.41 bits per heavy atom. The predicted octanol–water partition coefficient (Wildman–Crippen LogP) is 2.41. The highest BCUT2D eigenvalue weighted by Crippen LogP contribution is 2.21. The third-order valence-corrected chi connectivity index (χ3v) is 3.18. The Labute approximate surface area is 108 Å². The molecule has 0 radical (unpaired) electrons. The summed E-state index contributed by atoms with van der Waals surface area (Å²) in [6, 6.07) is 0. The normalized spacial score (nSPS) is 10.4. The molecule has 96 valence electrons. The van der Waals surface area contributed by atoms with Gasteiger partial charge in [-0.25, -0.2) is 9.97 Å². The summed E-state index contributed by atoms with van der Waals surface area (Å²) in [5, 5.41) is 3.33. The van der Waals surface area contributed by atoms with Gasteiger partial charge in [-0.1, -0.05) is 6.92 Å². The summed E-state index contributed by atoms with van der Waals surface area (Å²) in [6.07, 6.45) is 4.85. The molecule has 1 N–H and O–H groups in total. The number of nitrogens with one attached hydrogen (secondary N) is 1. The van der Waals surface area contributed by atoms with Crippen LogP contribution in [0.2, 0.25) is 0 Å². The Hall–Kier alpha value is -0.970. The Kier molecular flexibility index (Phi) is 6.11. The number of anilines is 2. The zero-order valence-electron chi connectivity index (χ0n) is 11.2. The standard InChI is InChI=1S/C12H22N4S/c1-5-6-13-11-10(2)12(15-9-14-11)16(3)7-8-17-4/h9H,5-8H2,1-4H3,(H,13,14,15). The molecular weight excluding hydrogens is 232 g/mol. The largest absolute Gasteiger partial charge is 0.370 e. The first-order valence-electron chi connectivity index (χ1n) is 5.96. The van der Waals surface area contributed by atoms with Gasteiger partial charge in [0.2, 0.25) is 0 Å². The van der Waals surface area contributed by atoms with Crippen molar-refractivity contribution in [1.82, 2.24) is 9.97 Å². The van der Waals surface area contributed by atoms with Gasteiger partial charge in [0.1, 0.15) is 18.0 Å². The van der Waals surface area contributed by atoms with E-state index in [0.29, 0.717) is 0 Å². The molecule has 0 saturated heterocycles. The van der Waals surface area contributed by atoms with E-state index in [0.717, 1.165) is 42.5 Å². The molecule has 0 aliphatic carbocycles. The SMILES string of the molecule is CCCNc1ncnc(N(C)CCSC)c1C. The van der Waals surface area contributed by atoms with Gasteiger partial charge in [-0.05, 0) is 19.6 Å². The van der Waals surface area contributed by atoms with E-state index < -0.39 is 0 Å². The summed E-state index contributed by atoms with van der Waals surface area (Å²) in [5.74, 6) is 3.08. The van der Waals surface area contributed by atoms with E-state index in [-0.39, 0.29) is 0 Å². The Balaban J connectivity index is 2.78. The van der Waals surface area contributed by atoms with Crippen LogP contribution in [-0.2, 0) is 0 Å². The molecular formula is C12H22N4S. The van der Waals surface area contributed by atoms with Crippen molar-refractivity contribution in [3.63, 3.8) is 0 Å². The molecule has 0 spiro atoms. The first-order valence-corrected chi connectivity index (χ1v) is 7.35. The van der Waals surface area contributed by atoms with Crippen LogP contribution in [0.4, 0.5) is 11.6 Å². The van der Waals surface area contributed by atoms with Crippen LogP contribution in [0, 0.1) is 6.92 Å². The second kappa shape index (κ2) is 7.37. The van der Waals surface area contributed by atoms with Gasteiger partial charge < -0.3 is 10.2 Å². The highest BCUT2D eigenvalue weighted by atomic mass is 32.2. The topological polar surface area (TPSA) is 41.1 Å². The summed E-state index contributed by atoms with van der Waals surface area (Å²) >= 11 is 1.85. The number of hydrogen-bond acceptors (Lipinski definition) is 5. The molecule has 0 aliphatic heterocycles. The van der Waals surface area contributed by atoms with E-state index in [1.165, 1.54) is 0 Å². The van der Waals surface area contributed by atoms with Gasteiger partial charge in [-0.3, -0.25) is 0 Å². The number of nitrogens with zero attached hydrogens (tertiary/aromatic N) is 3. The van der Waals surface area contributed by atoms with Crippen LogP contribution in [0.1, 0.15) is 18.9 Å². The van der Waals surface area contributed by atoms with Crippen molar-refractivity contribution in [2.45, 2.75) is 20.3 Å². The van der Waals surface area contributed by atoms with Crippen LogP contribution in [0.5, 0.6) is 0 Å². The summed E-state index contributed by atoms with van der Waals surface area (Å²) in [5.41, 5.74) is 1.13. The van der Waals surface area contributed by atoms with E-state index in [4.69, 9.17) is 0 Å². The predicted molar refractivity (Wildman–Crippen MR) is 77.2 cm³/mol. The maximum atomic E-state index is 4.37. The van der Waals surface area contributed by atoms with Crippen molar-refractivity contribution >= 4 is 23.4 Å². The van der Waals surface area contributed by atoms with Crippen molar-refractivity contribution in [2.75, 3.05) is 42.4 Å². The molecule has 0 atom stereocenters. The average molecular weight is 254 g/mol. The first kappa shape index (κ1) is 14.1. The molecule has 0 unspecified atom stereocenters. The molecule has 0 aliphatic rings. The van der Waals surface area contributed by atoms with Gasteiger partial charge in [0, 0.05) is 31.5 Å². The second-order valence-corrected chi connectivity index (χ2v) is 5.00. The molecule has 0 bridgehead atoms. The summed E-state index contributed by atoms with van der Waals surface area (Å²) < 4.78 is 0. The van der Waals surface area contributed by atoms with E-state index in [1.807, 2.05) is 11.8 Å².